The third-order valence-electron chi connectivity index (χ3n) is 2.94. The van der Waals surface area contributed by atoms with Crippen LogP contribution in [-0.2, 0) is 11.2 Å². The molecule has 0 aliphatic heterocycles. The molecule has 0 spiro atoms. The standard InChI is InChI=1S/C15H10FNO2S/c16-10-5-6-12-13(8-10)20-15(17-12)11-4-2-1-3-9(11)7-14(18)19/h1-6,8H,7H2,(H,18,19). The Morgan fingerprint density at radius 1 is 1.25 bits per heavy atom. The minimum atomic E-state index is -0.885. The molecule has 5 heteroatoms. The van der Waals surface area contributed by atoms with E-state index >= 15 is 0 Å². The minimum absolute atomic E-state index is 0.0551. The normalized spacial score (nSPS) is 10.8. The molecule has 20 heavy (non-hydrogen) atoms. The molecule has 2 aromatic carbocycles. The Hall–Kier alpha value is -2.27. The van der Waals surface area contributed by atoms with Gasteiger partial charge in [-0.25, -0.2) is 9.37 Å². The first-order valence-corrected chi connectivity index (χ1v) is 6.81. The molecule has 1 aromatic heterocycles. The van der Waals surface area contributed by atoms with Crippen molar-refractivity contribution in [1.82, 2.24) is 4.98 Å². The van der Waals surface area contributed by atoms with Gasteiger partial charge >= 0.3 is 5.97 Å². The Labute approximate surface area is 118 Å². The summed E-state index contributed by atoms with van der Waals surface area (Å²) in [5.41, 5.74) is 2.22. The highest BCUT2D eigenvalue weighted by Gasteiger charge is 2.12. The van der Waals surface area contributed by atoms with Gasteiger partial charge in [0.1, 0.15) is 10.8 Å². The van der Waals surface area contributed by atoms with Crippen LogP contribution >= 0.6 is 11.3 Å². The van der Waals surface area contributed by atoms with Gasteiger partial charge < -0.3 is 5.11 Å². The van der Waals surface area contributed by atoms with Crippen LogP contribution < -0.4 is 0 Å². The van der Waals surface area contributed by atoms with Crippen LogP contribution in [0.25, 0.3) is 20.8 Å². The molecule has 0 saturated carbocycles. The predicted octanol–water partition coefficient (Wildman–Crippen LogP) is 3.73. The summed E-state index contributed by atoms with van der Waals surface area (Å²) < 4.78 is 14.0. The number of carboxylic acids is 1. The molecule has 0 aliphatic rings. The molecule has 0 amide bonds. The fourth-order valence-electron chi connectivity index (χ4n) is 2.06. The molecule has 0 radical (unpaired) electrons. The summed E-state index contributed by atoms with van der Waals surface area (Å²) in [6.45, 7) is 0. The van der Waals surface area contributed by atoms with Crippen molar-refractivity contribution in [3.8, 4) is 10.6 Å². The van der Waals surface area contributed by atoms with Crippen molar-refractivity contribution in [2.24, 2.45) is 0 Å². The smallest absolute Gasteiger partial charge is 0.307 e. The molecule has 3 nitrogen and oxygen atoms in total. The van der Waals surface area contributed by atoms with Crippen LogP contribution in [0.2, 0.25) is 0 Å². The first-order valence-electron chi connectivity index (χ1n) is 5.99. The van der Waals surface area contributed by atoms with Crippen LogP contribution in [0.4, 0.5) is 4.39 Å². The highest BCUT2D eigenvalue weighted by molar-refractivity contribution is 7.21. The van der Waals surface area contributed by atoms with Crippen LogP contribution in [0.1, 0.15) is 5.56 Å². The summed E-state index contributed by atoms with van der Waals surface area (Å²) in [6.07, 6.45) is -0.0551. The van der Waals surface area contributed by atoms with E-state index in [1.54, 1.807) is 18.2 Å². The van der Waals surface area contributed by atoms with Gasteiger partial charge in [0.2, 0.25) is 0 Å². The van der Waals surface area contributed by atoms with E-state index in [-0.39, 0.29) is 12.2 Å². The van der Waals surface area contributed by atoms with E-state index in [1.807, 2.05) is 12.1 Å². The van der Waals surface area contributed by atoms with Gasteiger partial charge in [0.15, 0.2) is 0 Å². The third kappa shape index (κ3) is 2.40. The number of carboxylic acid groups (broad SMARTS) is 1. The second kappa shape index (κ2) is 5.02. The number of aliphatic carboxylic acids is 1. The van der Waals surface area contributed by atoms with Crippen molar-refractivity contribution in [3.05, 3.63) is 53.8 Å². The van der Waals surface area contributed by atoms with Crippen molar-refractivity contribution >= 4 is 27.5 Å². The average molecular weight is 287 g/mol. The molecule has 0 atom stereocenters. The van der Waals surface area contributed by atoms with Crippen LogP contribution in [-0.4, -0.2) is 16.1 Å². The molecule has 0 bridgehead atoms. The lowest BCUT2D eigenvalue weighted by Crippen LogP contribution is -2.01. The number of aromatic nitrogens is 1. The van der Waals surface area contributed by atoms with Gasteiger partial charge in [0.25, 0.3) is 0 Å². The molecule has 1 heterocycles. The Bertz CT molecular complexity index is 797. The van der Waals surface area contributed by atoms with Gasteiger partial charge in [-0.15, -0.1) is 11.3 Å². The molecule has 100 valence electrons. The number of benzene rings is 2. The topological polar surface area (TPSA) is 50.2 Å². The van der Waals surface area contributed by atoms with Crippen molar-refractivity contribution in [3.63, 3.8) is 0 Å². The first kappa shape index (κ1) is 12.7. The fraction of sp³-hybridized carbons (Fsp3) is 0.0667. The molecule has 3 aromatic rings. The lowest BCUT2D eigenvalue weighted by Gasteiger charge is -2.03. The number of rotatable bonds is 3. The van der Waals surface area contributed by atoms with E-state index in [0.29, 0.717) is 10.6 Å². The van der Waals surface area contributed by atoms with Gasteiger partial charge in [0, 0.05) is 5.56 Å². The van der Waals surface area contributed by atoms with Crippen LogP contribution in [0.15, 0.2) is 42.5 Å². The van der Waals surface area contributed by atoms with Crippen molar-refractivity contribution in [1.29, 1.82) is 0 Å². The van der Waals surface area contributed by atoms with E-state index in [0.717, 1.165) is 15.8 Å². The maximum Gasteiger partial charge on any atom is 0.307 e. The Morgan fingerprint density at radius 2 is 2.05 bits per heavy atom. The molecule has 0 unspecified atom stereocenters. The van der Waals surface area contributed by atoms with Crippen molar-refractivity contribution < 1.29 is 14.3 Å². The average Bonchev–Trinajstić information content (AvgIpc) is 2.81. The van der Waals surface area contributed by atoms with E-state index in [1.165, 1.54) is 23.5 Å². The van der Waals surface area contributed by atoms with E-state index in [4.69, 9.17) is 5.11 Å². The predicted molar refractivity (Wildman–Crippen MR) is 76.4 cm³/mol. The molecule has 0 fully saturated rings. The zero-order valence-electron chi connectivity index (χ0n) is 10.3. The zero-order valence-corrected chi connectivity index (χ0v) is 11.2. The second-order valence-electron chi connectivity index (χ2n) is 4.36. The van der Waals surface area contributed by atoms with Gasteiger partial charge in [-0.3, -0.25) is 4.79 Å². The maximum absolute atomic E-state index is 13.2. The Kier molecular flexibility index (Phi) is 3.20. The third-order valence-corrected chi connectivity index (χ3v) is 3.99. The monoisotopic (exact) mass is 287 g/mol. The van der Waals surface area contributed by atoms with E-state index in [9.17, 15) is 9.18 Å². The van der Waals surface area contributed by atoms with Crippen LogP contribution in [0, 0.1) is 5.82 Å². The number of hydrogen-bond donors (Lipinski definition) is 1. The molecule has 1 N–H and O–H groups in total. The minimum Gasteiger partial charge on any atom is -0.481 e. The largest absolute Gasteiger partial charge is 0.481 e. The molecule has 0 aliphatic carbocycles. The van der Waals surface area contributed by atoms with Crippen LogP contribution in [0.5, 0.6) is 0 Å². The summed E-state index contributed by atoms with van der Waals surface area (Å²) in [4.78, 5) is 15.4. The van der Waals surface area contributed by atoms with Crippen molar-refractivity contribution in [2.75, 3.05) is 0 Å². The SMILES string of the molecule is O=C(O)Cc1ccccc1-c1nc2ccc(F)cc2s1. The quantitative estimate of drug-likeness (QED) is 0.798. The number of thiazole rings is 1. The van der Waals surface area contributed by atoms with Gasteiger partial charge in [-0.05, 0) is 23.8 Å². The number of carbonyl (C=O) groups is 1. The molecule has 3 rings (SSSR count). The lowest BCUT2D eigenvalue weighted by molar-refractivity contribution is -0.136. The molecular weight excluding hydrogens is 277 g/mol. The van der Waals surface area contributed by atoms with Crippen LogP contribution in [0.3, 0.4) is 0 Å². The van der Waals surface area contributed by atoms with Gasteiger partial charge in [-0.1, -0.05) is 24.3 Å². The molecular formula is C15H10FNO2S. The highest BCUT2D eigenvalue weighted by atomic mass is 32.1. The lowest BCUT2D eigenvalue weighted by atomic mass is 10.1. The number of hydrogen-bond acceptors (Lipinski definition) is 3. The number of nitrogens with zero attached hydrogens (tertiary/aromatic N) is 1. The fourth-order valence-corrected chi connectivity index (χ4v) is 3.11. The van der Waals surface area contributed by atoms with Gasteiger partial charge in [0.05, 0.1) is 16.6 Å². The number of halogens is 1. The zero-order chi connectivity index (χ0) is 14.1. The molecule has 0 saturated heterocycles. The summed E-state index contributed by atoms with van der Waals surface area (Å²) in [6, 6.07) is 11.7. The highest BCUT2D eigenvalue weighted by Crippen LogP contribution is 2.32. The van der Waals surface area contributed by atoms with Gasteiger partial charge in [-0.2, -0.15) is 0 Å². The number of fused-ring (bicyclic) bond motifs is 1. The summed E-state index contributed by atoms with van der Waals surface area (Å²) in [5.74, 6) is -1.18. The summed E-state index contributed by atoms with van der Waals surface area (Å²) in [7, 11) is 0. The van der Waals surface area contributed by atoms with Crippen molar-refractivity contribution in [2.45, 2.75) is 6.42 Å². The summed E-state index contributed by atoms with van der Waals surface area (Å²) >= 11 is 1.36. The van der Waals surface area contributed by atoms with E-state index in [2.05, 4.69) is 4.98 Å². The Balaban J connectivity index is 2.13. The first-order chi connectivity index (χ1) is 9.63. The second-order valence-corrected chi connectivity index (χ2v) is 5.39. The Morgan fingerprint density at radius 3 is 2.85 bits per heavy atom. The maximum atomic E-state index is 13.2. The summed E-state index contributed by atoms with van der Waals surface area (Å²) in [5, 5.41) is 9.66. The van der Waals surface area contributed by atoms with E-state index < -0.39 is 5.97 Å².